The van der Waals surface area contributed by atoms with Crippen molar-refractivity contribution < 1.29 is 0 Å². The molecule has 6 nitrogen and oxygen atoms in total. The van der Waals surface area contributed by atoms with Gasteiger partial charge >= 0.3 is 0 Å². The maximum absolute atomic E-state index is 6.28. The fraction of sp³-hybridized carbons (Fsp3) is 0.500. The third-order valence-corrected chi connectivity index (χ3v) is 4.23. The number of hydrogen-bond donors (Lipinski definition) is 1. The standard InChI is InChI=1S/C18H27ClN6/c1-4-10-20-18(21-11-12-25-14-22-23-17(25)5-2)24(3)13-15-8-6-7-9-16(15)19/h6-9,14H,4-5,10-13H2,1-3H3,(H,20,21). The van der Waals surface area contributed by atoms with Crippen molar-refractivity contribution in [3.05, 3.63) is 47.0 Å². The minimum absolute atomic E-state index is 0.710. The van der Waals surface area contributed by atoms with Gasteiger partial charge in [-0.05, 0) is 18.1 Å². The molecule has 1 aromatic carbocycles. The largest absolute Gasteiger partial charge is 0.354 e. The van der Waals surface area contributed by atoms with Crippen molar-refractivity contribution in [2.24, 2.45) is 4.99 Å². The van der Waals surface area contributed by atoms with Crippen LogP contribution in [-0.2, 0) is 19.5 Å². The summed E-state index contributed by atoms with van der Waals surface area (Å²) in [5.74, 6) is 1.88. The Bertz CT molecular complexity index is 682. The minimum Gasteiger partial charge on any atom is -0.354 e. The average Bonchev–Trinajstić information content (AvgIpc) is 3.07. The Kier molecular flexibility index (Phi) is 7.73. The molecule has 0 atom stereocenters. The monoisotopic (exact) mass is 362 g/mol. The first-order valence-corrected chi connectivity index (χ1v) is 9.13. The number of rotatable bonds is 8. The number of nitrogens with zero attached hydrogens (tertiary/aromatic N) is 5. The van der Waals surface area contributed by atoms with Crippen LogP contribution < -0.4 is 5.32 Å². The molecule has 0 fully saturated rings. The number of aromatic nitrogens is 3. The molecular weight excluding hydrogens is 336 g/mol. The van der Waals surface area contributed by atoms with E-state index in [-0.39, 0.29) is 0 Å². The molecule has 0 aliphatic heterocycles. The van der Waals surface area contributed by atoms with Gasteiger partial charge in [-0.25, -0.2) is 0 Å². The number of nitrogens with one attached hydrogen (secondary N) is 1. The van der Waals surface area contributed by atoms with Gasteiger partial charge in [-0.1, -0.05) is 43.6 Å². The number of aliphatic imine (C=N–C) groups is 1. The highest BCUT2D eigenvalue weighted by molar-refractivity contribution is 6.31. The van der Waals surface area contributed by atoms with Crippen LogP contribution in [-0.4, -0.2) is 45.8 Å². The van der Waals surface area contributed by atoms with Crippen LogP contribution in [0.15, 0.2) is 35.6 Å². The number of benzene rings is 1. The smallest absolute Gasteiger partial charge is 0.194 e. The van der Waals surface area contributed by atoms with Gasteiger partial charge in [0.15, 0.2) is 5.96 Å². The summed E-state index contributed by atoms with van der Waals surface area (Å²) in [5, 5.41) is 12.3. The fourth-order valence-corrected chi connectivity index (χ4v) is 2.71. The molecule has 0 aliphatic rings. The molecule has 0 amide bonds. The zero-order chi connectivity index (χ0) is 18.1. The van der Waals surface area contributed by atoms with Crippen LogP contribution in [0, 0.1) is 0 Å². The van der Waals surface area contributed by atoms with Crippen LogP contribution in [0.2, 0.25) is 5.02 Å². The number of aryl methyl sites for hydroxylation is 1. The Balaban J connectivity index is 1.97. The molecule has 1 heterocycles. The number of hydrogen-bond acceptors (Lipinski definition) is 3. The highest BCUT2D eigenvalue weighted by Crippen LogP contribution is 2.16. The van der Waals surface area contributed by atoms with Crippen molar-refractivity contribution in [1.29, 1.82) is 0 Å². The summed E-state index contributed by atoms with van der Waals surface area (Å²) in [6.07, 6.45) is 3.66. The van der Waals surface area contributed by atoms with Crippen LogP contribution in [0.4, 0.5) is 0 Å². The van der Waals surface area contributed by atoms with Crippen molar-refractivity contribution in [3.8, 4) is 0 Å². The maximum atomic E-state index is 6.28. The molecule has 7 heteroatoms. The first kappa shape index (κ1) is 19.2. The second kappa shape index (κ2) is 10.0. The molecule has 0 saturated heterocycles. The summed E-state index contributed by atoms with van der Waals surface area (Å²) < 4.78 is 2.07. The Labute approximate surface area is 154 Å². The van der Waals surface area contributed by atoms with E-state index in [0.717, 1.165) is 54.8 Å². The van der Waals surface area contributed by atoms with E-state index in [1.807, 2.05) is 31.3 Å². The van der Waals surface area contributed by atoms with Gasteiger partial charge in [0.2, 0.25) is 0 Å². The van der Waals surface area contributed by atoms with Gasteiger partial charge in [0.25, 0.3) is 0 Å². The van der Waals surface area contributed by atoms with Crippen LogP contribution in [0.5, 0.6) is 0 Å². The zero-order valence-corrected chi connectivity index (χ0v) is 16.0. The van der Waals surface area contributed by atoms with Crippen LogP contribution in [0.1, 0.15) is 31.7 Å². The van der Waals surface area contributed by atoms with Crippen LogP contribution >= 0.6 is 11.6 Å². The minimum atomic E-state index is 0.710. The second-order valence-corrected chi connectivity index (χ2v) is 6.28. The molecule has 2 rings (SSSR count). The SMILES string of the molecule is CCCN=C(NCCn1cnnc1CC)N(C)Cc1ccccc1Cl. The lowest BCUT2D eigenvalue weighted by Gasteiger charge is -2.23. The van der Waals surface area contributed by atoms with E-state index < -0.39 is 0 Å². The van der Waals surface area contributed by atoms with Crippen LogP contribution in [0.25, 0.3) is 0 Å². The highest BCUT2D eigenvalue weighted by atomic mass is 35.5. The van der Waals surface area contributed by atoms with E-state index in [0.29, 0.717) is 6.54 Å². The summed E-state index contributed by atoms with van der Waals surface area (Å²) >= 11 is 6.28. The first-order valence-electron chi connectivity index (χ1n) is 8.75. The first-order chi connectivity index (χ1) is 12.2. The molecule has 0 aliphatic carbocycles. The molecule has 0 unspecified atom stereocenters. The van der Waals surface area contributed by atoms with Crippen LogP contribution in [0.3, 0.4) is 0 Å². The third-order valence-electron chi connectivity index (χ3n) is 3.86. The Morgan fingerprint density at radius 1 is 1.32 bits per heavy atom. The molecule has 2 aromatic rings. The highest BCUT2D eigenvalue weighted by Gasteiger charge is 2.09. The Hall–Kier alpha value is -2.08. The van der Waals surface area contributed by atoms with Gasteiger partial charge in [0.1, 0.15) is 12.2 Å². The van der Waals surface area contributed by atoms with Crippen molar-refractivity contribution in [3.63, 3.8) is 0 Å². The van der Waals surface area contributed by atoms with E-state index in [9.17, 15) is 0 Å². The summed E-state index contributed by atoms with van der Waals surface area (Å²) in [7, 11) is 2.03. The van der Waals surface area contributed by atoms with E-state index in [2.05, 4.69) is 43.8 Å². The predicted octanol–water partition coefficient (Wildman–Crippen LogP) is 2.98. The molecule has 0 radical (unpaired) electrons. The average molecular weight is 363 g/mol. The summed E-state index contributed by atoms with van der Waals surface area (Å²) in [5.41, 5.74) is 1.09. The van der Waals surface area contributed by atoms with Gasteiger partial charge < -0.3 is 14.8 Å². The predicted molar refractivity (Wildman–Crippen MR) is 103 cm³/mol. The lowest BCUT2D eigenvalue weighted by molar-refractivity contribution is 0.470. The zero-order valence-electron chi connectivity index (χ0n) is 15.2. The van der Waals surface area contributed by atoms with E-state index in [4.69, 9.17) is 11.6 Å². The summed E-state index contributed by atoms with van der Waals surface area (Å²) in [6.45, 7) is 7.28. The Morgan fingerprint density at radius 3 is 2.84 bits per heavy atom. The lowest BCUT2D eigenvalue weighted by atomic mass is 10.2. The van der Waals surface area contributed by atoms with Crippen molar-refractivity contribution in [1.82, 2.24) is 25.0 Å². The van der Waals surface area contributed by atoms with Crippen molar-refractivity contribution in [2.75, 3.05) is 20.1 Å². The molecule has 0 saturated carbocycles. The molecule has 0 spiro atoms. The topological polar surface area (TPSA) is 58.3 Å². The van der Waals surface area contributed by atoms with Gasteiger partial charge in [-0.3, -0.25) is 4.99 Å². The Morgan fingerprint density at radius 2 is 2.12 bits per heavy atom. The van der Waals surface area contributed by atoms with Gasteiger partial charge in [0, 0.05) is 44.7 Å². The van der Waals surface area contributed by atoms with E-state index >= 15 is 0 Å². The molecule has 1 N–H and O–H groups in total. The maximum Gasteiger partial charge on any atom is 0.194 e. The normalized spacial score (nSPS) is 11.6. The molecule has 25 heavy (non-hydrogen) atoms. The van der Waals surface area contributed by atoms with Crippen molar-refractivity contribution >= 4 is 17.6 Å². The van der Waals surface area contributed by atoms with Gasteiger partial charge in [-0.2, -0.15) is 0 Å². The molecule has 136 valence electrons. The molecule has 0 bridgehead atoms. The molecular formula is C18H27ClN6. The van der Waals surface area contributed by atoms with E-state index in [1.54, 1.807) is 6.33 Å². The van der Waals surface area contributed by atoms with Crippen molar-refractivity contribution in [2.45, 2.75) is 39.8 Å². The van der Waals surface area contributed by atoms with Gasteiger partial charge in [-0.15, -0.1) is 10.2 Å². The third kappa shape index (κ3) is 5.74. The summed E-state index contributed by atoms with van der Waals surface area (Å²) in [4.78, 5) is 6.78. The van der Waals surface area contributed by atoms with E-state index in [1.165, 1.54) is 0 Å². The quantitative estimate of drug-likeness (QED) is 0.579. The molecule has 1 aromatic heterocycles. The van der Waals surface area contributed by atoms with Gasteiger partial charge in [0.05, 0.1) is 0 Å². The summed E-state index contributed by atoms with van der Waals surface area (Å²) in [6, 6.07) is 7.91. The lowest BCUT2D eigenvalue weighted by Crippen LogP contribution is -2.40. The fourth-order valence-electron chi connectivity index (χ4n) is 2.51. The number of guanidine groups is 1. The number of halogens is 1. The second-order valence-electron chi connectivity index (χ2n) is 5.87.